The highest BCUT2D eigenvalue weighted by Crippen LogP contribution is 2.07. The van der Waals surface area contributed by atoms with Crippen molar-refractivity contribution in [3.05, 3.63) is 35.4 Å². The molecule has 0 spiro atoms. The van der Waals surface area contributed by atoms with E-state index in [4.69, 9.17) is 10.4 Å². The molecule has 2 unspecified atom stereocenters. The molecule has 0 fully saturated rings. The van der Waals surface area contributed by atoms with Gasteiger partial charge in [0.15, 0.2) is 0 Å². The van der Waals surface area contributed by atoms with Gasteiger partial charge in [-0.1, -0.05) is 12.1 Å². The molecule has 0 aliphatic rings. The number of aliphatic carboxylic acids is 1. The number of nitrogens with one attached hydrogen (secondary N) is 1. The number of hydrogen-bond acceptors (Lipinski definition) is 3. The zero-order valence-corrected chi connectivity index (χ0v) is 10.9. The van der Waals surface area contributed by atoms with E-state index >= 15 is 0 Å². The summed E-state index contributed by atoms with van der Waals surface area (Å²) in [4.78, 5) is 22.7. The highest BCUT2D eigenvalue weighted by atomic mass is 16.4. The topological polar surface area (TPSA) is 90.2 Å². The molecule has 1 amide bonds. The molecular formula is C14H16N2O3. The van der Waals surface area contributed by atoms with Gasteiger partial charge in [-0.05, 0) is 31.5 Å². The van der Waals surface area contributed by atoms with Crippen LogP contribution >= 0.6 is 0 Å². The van der Waals surface area contributed by atoms with Crippen molar-refractivity contribution in [2.75, 3.05) is 0 Å². The second kappa shape index (κ2) is 6.55. The highest BCUT2D eigenvalue weighted by molar-refractivity contribution is 5.94. The van der Waals surface area contributed by atoms with Crippen LogP contribution in [0.1, 0.15) is 29.8 Å². The van der Waals surface area contributed by atoms with Gasteiger partial charge in [0.2, 0.25) is 0 Å². The summed E-state index contributed by atoms with van der Waals surface area (Å²) in [5.41, 5.74) is 1.29. The number of nitriles is 1. The summed E-state index contributed by atoms with van der Waals surface area (Å²) in [6.45, 7) is 3.20. The highest BCUT2D eigenvalue weighted by Gasteiger charge is 2.21. The minimum absolute atomic E-state index is 0.300. The van der Waals surface area contributed by atoms with Crippen LogP contribution in [-0.4, -0.2) is 23.0 Å². The summed E-state index contributed by atoms with van der Waals surface area (Å²) >= 11 is 0. The predicted octanol–water partition coefficient (Wildman–Crippen LogP) is 1.59. The number of amides is 1. The Balaban J connectivity index is 2.68. The molecule has 1 aromatic rings. The molecule has 5 heteroatoms. The van der Waals surface area contributed by atoms with Crippen molar-refractivity contribution in [1.29, 1.82) is 5.26 Å². The van der Waals surface area contributed by atoms with Gasteiger partial charge in [0.1, 0.15) is 0 Å². The summed E-state index contributed by atoms with van der Waals surface area (Å²) < 4.78 is 0. The molecule has 0 bridgehead atoms. The first-order valence-electron chi connectivity index (χ1n) is 5.95. The van der Waals surface area contributed by atoms with E-state index in [1.807, 2.05) is 6.07 Å². The van der Waals surface area contributed by atoms with Gasteiger partial charge < -0.3 is 10.4 Å². The van der Waals surface area contributed by atoms with Crippen molar-refractivity contribution in [3.63, 3.8) is 0 Å². The predicted molar refractivity (Wildman–Crippen MR) is 69.5 cm³/mol. The van der Waals surface area contributed by atoms with E-state index in [9.17, 15) is 9.59 Å². The molecular weight excluding hydrogens is 244 g/mol. The molecule has 0 aromatic heterocycles. The van der Waals surface area contributed by atoms with Gasteiger partial charge in [-0.25, -0.2) is 0 Å². The minimum atomic E-state index is -0.947. The van der Waals surface area contributed by atoms with Crippen LogP contribution in [0.4, 0.5) is 0 Å². The quantitative estimate of drug-likeness (QED) is 0.841. The summed E-state index contributed by atoms with van der Waals surface area (Å²) in [5, 5.41) is 20.0. The van der Waals surface area contributed by atoms with Gasteiger partial charge in [-0.3, -0.25) is 9.59 Å². The van der Waals surface area contributed by atoms with Crippen LogP contribution in [0.2, 0.25) is 0 Å². The maximum absolute atomic E-state index is 11.9. The van der Waals surface area contributed by atoms with Crippen LogP contribution in [0.5, 0.6) is 0 Å². The Bertz CT molecular complexity index is 502. The van der Waals surface area contributed by atoms with Crippen molar-refractivity contribution in [1.82, 2.24) is 5.32 Å². The second-order valence-electron chi connectivity index (χ2n) is 4.42. The lowest BCUT2D eigenvalue weighted by Crippen LogP contribution is -2.40. The summed E-state index contributed by atoms with van der Waals surface area (Å²) in [7, 11) is 0. The van der Waals surface area contributed by atoms with E-state index < -0.39 is 17.9 Å². The van der Waals surface area contributed by atoms with Crippen LogP contribution in [0.3, 0.4) is 0 Å². The molecule has 1 rings (SSSR count). The fraction of sp³-hybridized carbons (Fsp3) is 0.357. The first kappa shape index (κ1) is 14.7. The lowest BCUT2D eigenvalue weighted by atomic mass is 10.0. The molecule has 5 nitrogen and oxygen atoms in total. The van der Waals surface area contributed by atoms with Crippen molar-refractivity contribution in [3.8, 4) is 6.07 Å². The average Bonchev–Trinajstić information content (AvgIpc) is 2.38. The maximum Gasteiger partial charge on any atom is 0.308 e. The summed E-state index contributed by atoms with van der Waals surface area (Å²) in [6, 6.07) is 8.25. The standard InChI is InChI=1S/C14H16N2O3/c1-9(14(18)19)10(2)16-13(17)12-5-3-11(4-6-12)7-8-15/h3-6,9-10H,7H2,1-2H3,(H,16,17)(H,18,19). The molecule has 100 valence electrons. The molecule has 0 saturated heterocycles. The first-order valence-corrected chi connectivity index (χ1v) is 5.95. The number of nitrogens with zero attached hydrogens (tertiary/aromatic N) is 1. The first-order chi connectivity index (χ1) is 8.95. The Kier molecular flexibility index (Phi) is 5.07. The third kappa shape index (κ3) is 4.11. The Morgan fingerprint density at radius 2 is 1.89 bits per heavy atom. The minimum Gasteiger partial charge on any atom is -0.481 e. The van der Waals surface area contributed by atoms with Gasteiger partial charge in [-0.2, -0.15) is 5.26 Å². The monoisotopic (exact) mass is 260 g/mol. The van der Waals surface area contributed by atoms with E-state index in [-0.39, 0.29) is 5.91 Å². The molecule has 0 radical (unpaired) electrons. The molecule has 2 N–H and O–H groups in total. The van der Waals surface area contributed by atoms with Crippen molar-refractivity contribution >= 4 is 11.9 Å². The SMILES string of the molecule is CC(NC(=O)c1ccc(CC#N)cc1)C(C)C(=O)O. The Labute approximate surface area is 111 Å². The Hall–Kier alpha value is -2.35. The smallest absolute Gasteiger partial charge is 0.308 e. The molecule has 0 aliphatic carbocycles. The molecule has 0 heterocycles. The van der Waals surface area contributed by atoms with Crippen LogP contribution in [0.15, 0.2) is 24.3 Å². The molecule has 1 aromatic carbocycles. The van der Waals surface area contributed by atoms with Gasteiger partial charge in [0.25, 0.3) is 5.91 Å². The van der Waals surface area contributed by atoms with E-state index in [0.29, 0.717) is 12.0 Å². The van der Waals surface area contributed by atoms with Gasteiger partial charge in [0.05, 0.1) is 18.4 Å². The van der Waals surface area contributed by atoms with E-state index in [1.165, 1.54) is 0 Å². The van der Waals surface area contributed by atoms with E-state index in [2.05, 4.69) is 5.32 Å². The van der Waals surface area contributed by atoms with Crippen molar-refractivity contribution in [2.45, 2.75) is 26.3 Å². The average molecular weight is 260 g/mol. The van der Waals surface area contributed by atoms with Crippen LogP contribution in [0, 0.1) is 17.2 Å². The number of hydrogen-bond donors (Lipinski definition) is 2. The summed E-state index contributed by atoms with van der Waals surface area (Å²) in [6.07, 6.45) is 0.300. The lowest BCUT2D eigenvalue weighted by Gasteiger charge is -2.17. The second-order valence-corrected chi connectivity index (χ2v) is 4.42. The third-order valence-electron chi connectivity index (χ3n) is 3.00. The van der Waals surface area contributed by atoms with Crippen molar-refractivity contribution < 1.29 is 14.7 Å². The number of carboxylic acids is 1. The normalized spacial score (nSPS) is 13.1. The van der Waals surface area contributed by atoms with E-state index in [0.717, 1.165) is 5.56 Å². The van der Waals surface area contributed by atoms with Gasteiger partial charge in [-0.15, -0.1) is 0 Å². The third-order valence-corrected chi connectivity index (χ3v) is 3.00. The van der Waals surface area contributed by atoms with Gasteiger partial charge in [0, 0.05) is 11.6 Å². The fourth-order valence-electron chi connectivity index (χ4n) is 1.49. The fourth-order valence-corrected chi connectivity index (χ4v) is 1.49. The van der Waals surface area contributed by atoms with Crippen molar-refractivity contribution in [2.24, 2.45) is 5.92 Å². The number of carboxylic acid groups (broad SMARTS) is 1. The number of carbonyl (C=O) groups is 2. The van der Waals surface area contributed by atoms with Crippen LogP contribution in [0.25, 0.3) is 0 Å². The zero-order chi connectivity index (χ0) is 14.4. The molecule has 0 saturated carbocycles. The summed E-state index contributed by atoms with van der Waals surface area (Å²) in [5.74, 6) is -1.91. The zero-order valence-electron chi connectivity index (χ0n) is 10.9. The lowest BCUT2D eigenvalue weighted by molar-refractivity contribution is -0.141. The van der Waals surface area contributed by atoms with Gasteiger partial charge >= 0.3 is 5.97 Å². The Morgan fingerprint density at radius 1 is 1.32 bits per heavy atom. The number of carbonyl (C=O) groups excluding carboxylic acids is 1. The molecule has 0 aliphatic heterocycles. The molecule has 19 heavy (non-hydrogen) atoms. The largest absolute Gasteiger partial charge is 0.481 e. The number of rotatable bonds is 5. The number of benzene rings is 1. The molecule has 2 atom stereocenters. The van der Waals surface area contributed by atoms with E-state index in [1.54, 1.807) is 38.1 Å². The maximum atomic E-state index is 11.9. The van der Waals surface area contributed by atoms with Crippen LogP contribution in [-0.2, 0) is 11.2 Å². The Morgan fingerprint density at radius 3 is 2.37 bits per heavy atom. The van der Waals surface area contributed by atoms with Crippen LogP contribution < -0.4 is 5.32 Å².